The molecule has 0 spiro atoms. The maximum atomic E-state index is 13.2. The molecule has 114 valence electrons. The number of carbonyl (C=O) groups is 2. The zero-order chi connectivity index (χ0) is 15.4. The summed E-state index contributed by atoms with van der Waals surface area (Å²) < 4.78 is 13.2. The molecular formula is C16H19ClFNO2. The Labute approximate surface area is 129 Å². The van der Waals surface area contributed by atoms with E-state index in [0.29, 0.717) is 18.5 Å². The highest BCUT2D eigenvalue weighted by Gasteiger charge is 2.27. The molecule has 21 heavy (non-hydrogen) atoms. The summed E-state index contributed by atoms with van der Waals surface area (Å²) in [5, 5.41) is -0.0567. The van der Waals surface area contributed by atoms with Gasteiger partial charge in [-0.1, -0.05) is 24.4 Å². The van der Waals surface area contributed by atoms with E-state index in [4.69, 9.17) is 11.6 Å². The second kappa shape index (κ2) is 7.03. The van der Waals surface area contributed by atoms with E-state index in [-0.39, 0.29) is 22.8 Å². The van der Waals surface area contributed by atoms with Crippen molar-refractivity contribution in [3.63, 3.8) is 0 Å². The Morgan fingerprint density at radius 1 is 1.33 bits per heavy atom. The molecule has 1 aliphatic rings. The lowest BCUT2D eigenvalue weighted by molar-refractivity contribution is -0.118. The molecule has 3 nitrogen and oxygen atoms in total. The Kier molecular flexibility index (Phi) is 5.34. The summed E-state index contributed by atoms with van der Waals surface area (Å²) in [6.45, 7) is 2.17. The Morgan fingerprint density at radius 2 is 2.10 bits per heavy atom. The number of amides is 1. The molecule has 0 saturated carbocycles. The highest BCUT2D eigenvalue weighted by atomic mass is 35.5. The molecule has 0 N–H and O–H groups in total. The first-order chi connectivity index (χ1) is 9.99. The van der Waals surface area contributed by atoms with E-state index < -0.39 is 5.82 Å². The Bertz CT molecular complexity index is 547. The molecule has 0 radical (unpaired) electrons. The van der Waals surface area contributed by atoms with Crippen LogP contribution >= 0.6 is 11.6 Å². The third-order valence-corrected chi connectivity index (χ3v) is 4.12. The average molecular weight is 312 g/mol. The van der Waals surface area contributed by atoms with E-state index in [1.807, 2.05) is 0 Å². The van der Waals surface area contributed by atoms with Crippen LogP contribution < -0.4 is 0 Å². The molecule has 1 aromatic carbocycles. The van der Waals surface area contributed by atoms with E-state index >= 15 is 0 Å². The summed E-state index contributed by atoms with van der Waals surface area (Å²) in [4.78, 5) is 25.8. The van der Waals surface area contributed by atoms with Gasteiger partial charge in [0, 0.05) is 24.6 Å². The van der Waals surface area contributed by atoms with Crippen LogP contribution in [0.15, 0.2) is 18.2 Å². The van der Waals surface area contributed by atoms with Crippen molar-refractivity contribution in [3.8, 4) is 0 Å². The van der Waals surface area contributed by atoms with Crippen LogP contribution in [0.4, 0.5) is 4.39 Å². The van der Waals surface area contributed by atoms with Crippen LogP contribution in [0.5, 0.6) is 0 Å². The number of rotatable bonds is 3. The SMILES string of the molecule is CC(=O)CC1CCCCCN1C(=O)c1ccc(F)c(Cl)c1. The second-order valence-corrected chi connectivity index (χ2v) is 5.94. The summed E-state index contributed by atoms with van der Waals surface area (Å²) in [5.41, 5.74) is 0.372. The number of likely N-dealkylation sites (tertiary alicyclic amines) is 1. The molecule has 1 unspecified atom stereocenters. The van der Waals surface area contributed by atoms with Crippen molar-refractivity contribution < 1.29 is 14.0 Å². The van der Waals surface area contributed by atoms with Gasteiger partial charge in [0.25, 0.3) is 5.91 Å². The van der Waals surface area contributed by atoms with Crippen molar-refractivity contribution in [2.45, 2.75) is 45.1 Å². The highest BCUT2D eigenvalue weighted by molar-refractivity contribution is 6.31. The standard InChI is InChI=1S/C16H19ClFNO2/c1-11(20)9-13-5-3-2-4-8-19(13)16(21)12-6-7-15(18)14(17)10-12/h6-7,10,13H,2-5,8-9H2,1H3. The fourth-order valence-electron chi connectivity index (χ4n) is 2.78. The average Bonchev–Trinajstić information content (AvgIpc) is 2.66. The molecule has 1 atom stereocenters. The van der Waals surface area contributed by atoms with Gasteiger partial charge in [0.2, 0.25) is 0 Å². The number of hydrogen-bond donors (Lipinski definition) is 0. The molecule has 1 fully saturated rings. The van der Waals surface area contributed by atoms with Crippen LogP contribution in [0.25, 0.3) is 0 Å². The number of halogens is 2. The minimum Gasteiger partial charge on any atom is -0.335 e. The molecule has 1 aliphatic heterocycles. The minimum absolute atomic E-state index is 0.0567. The summed E-state index contributed by atoms with van der Waals surface area (Å²) in [7, 11) is 0. The molecule has 1 heterocycles. The van der Waals surface area contributed by atoms with Gasteiger partial charge >= 0.3 is 0 Å². The fraction of sp³-hybridized carbons (Fsp3) is 0.500. The van der Waals surface area contributed by atoms with E-state index in [1.54, 1.807) is 11.8 Å². The largest absolute Gasteiger partial charge is 0.335 e. The molecule has 5 heteroatoms. The highest BCUT2D eigenvalue weighted by Crippen LogP contribution is 2.23. The molecule has 0 aliphatic carbocycles. The Hall–Kier alpha value is -1.42. The lowest BCUT2D eigenvalue weighted by atomic mass is 10.0. The van der Waals surface area contributed by atoms with Crippen LogP contribution in [-0.2, 0) is 4.79 Å². The monoisotopic (exact) mass is 311 g/mol. The smallest absolute Gasteiger partial charge is 0.254 e. The van der Waals surface area contributed by atoms with E-state index in [0.717, 1.165) is 25.7 Å². The fourth-order valence-corrected chi connectivity index (χ4v) is 2.96. The first kappa shape index (κ1) is 16.0. The first-order valence-corrected chi connectivity index (χ1v) is 7.62. The lowest BCUT2D eigenvalue weighted by Crippen LogP contribution is -2.41. The summed E-state index contributed by atoms with van der Waals surface area (Å²) in [6, 6.07) is 3.93. The van der Waals surface area contributed by atoms with E-state index in [1.165, 1.54) is 18.2 Å². The van der Waals surface area contributed by atoms with Gasteiger partial charge < -0.3 is 4.90 Å². The van der Waals surface area contributed by atoms with Crippen molar-refractivity contribution in [1.82, 2.24) is 4.90 Å². The van der Waals surface area contributed by atoms with Crippen molar-refractivity contribution in [2.75, 3.05) is 6.54 Å². The van der Waals surface area contributed by atoms with Crippen molar-refractivity contribution >= 4 is 23.3 Å². The zero-order valence-electron chi connectivity index (χ0n) is 12.1. The molecule has 0 aromatic heterocycles. The molecule has 1 saturated heterocycles. The number of benzene rings is 1. The predicted octanol–water partition coefficient (Wildman–Crippen LogP) is 3.84. The van der Waals surface area contributed by atoms with Crippen LogP contribution in [0.2, 0.25) is 5.02 Å². The van der Waals surface area contributed by atoms with Crippen molar-refractivity contribution in [3.05, 3.63) is 34.6 Å². The van der Waals surface area contributed by atoms with Gasteiger partial charge in [0.15, 0.2) is 0 Å². The van der Waals surface area contributed by atoms with Gasteiger partial charge in [-0.2, -0.15) is 0 Å². The lowest BCUT2D eigenvalue weighted by Gasteiger charge is -2.29. The number of ketones is 1. The Morgan fingerprint density at radius 3 is 2.76 bits per heavy atom. The van der Waals surface area contributed by atoms with Crippen LogP contribution in [0.1, 0.15) is 49.4 Å². The van der Waals surface area contributed by atoms with Crippen LogP contribution in [-0.4, -0.2) is 29.2 Å². The predicted molar refractivity (Wildman–Crippen MR) is 80.0 cm³/mol. The van der Waals surface area contributed by atoms with E-state index in [2.05, 4.69) is 0 Å². The minimum atomic E-state index is -0.538. The van der Waals surface area contributed by atoms with Gasteiger partial charge in [-0.3, -0.25) is 9.59 Å². The number of hydrogen-bond acceptors (Lipinski definition) is 2. The first-order valence-electron chi connectivity index (χ1n) is 7.24. The summed E-state index contributed by atoms with van der Waals surface area (Å²) in [5.74, 6) is -0.633. The molecule has 0 bridgehead atoms. The van der Waals surface area contributed by atoms with Gasteiger partial charge in [0.1, 0.15) is 11.6 Å². The third kappa shape index (κ3) is 4.03. The molecule has 1 amide bonds. The maximum absolute atomic E-state index is 13.2. The van der Waals surface area contributed by atoms with Gasteiger partial charge in [-0.15, -0.1) is 0 Å². The van der Waals surface area contributed by atoms with Crippen LogP contribution in [0, 0.1) is 5.82 Å². The maximum Gasteiger partial charge on any atom is 0.254 e. The summed E-state index contributed by atoms with van der Waals surface area (Å²) >= 11 is 5.75. The number of carbonyl (C=O) groups excluding carboxylic acids is 2. The number of nitrogens with zero attached hydrogens (tertiary/aromatic N) is 1. The second-order valence-electron chi connectivity index (χ2n) is 5.54. The topological polar surface area (TPSA) is 37.4 Å². The van der Waals surface area contributed by atoms with E-state index in [9.17, 15) is 14.0 Å². The van der Waals surface area contributed by atoms with Gasteiger partial charge in [-0.05, 0) is 38.0 Å². The third-order valence-electron chi connectivity index (χ3n) is 3.83. The van der Waals surface area contributed by atoms with Crippen LogP contribution in [0.3, 0.4) is 0 Å². The van der Waals surface area contributed by atoms with Crippen molar-refractivity contribution in [1.29, 1.82) is 0 Å². The molecule has 1 aromatic rings. The summed E-state index contributed by atoms with van der Waals surface area (Å²) in [6.07, 6.45) is 4.21. The number of Topliss-reactive ketones (excluding diaryl/α,β-unsaturated/α-hetero) is 1. The Balaban J connectivity index is 2.23. The van der Waals surface area contributed by atoms with Crippen molar-refractivity contribution in [2.24, 2.45) is 0 Å². The van der Waals surface area contributed by atoms with Gasteiger partial charge in [0.05, 0.1) is 5.02 Å². The quantitative estimate of drug-likeness (QED) is 0.850. The zero-order valence-corrected chi connectivity index (χ0v) is 12.8. The normalized spacial score (nSPS) is 19.2. The van der Waals surface area contributed by atoms with Gasteiger partial charge in [-0.25, -0.2) is 4.39 Å². The molecular weight excluding hydrogens is 293 g/mol. The molecule has 2 rings (SSSR count).